The molecule has 2 N–H and O–H groups in total. The second-order valence-corrected chi connectivity index (χ2v) is 9.72. The van der Waals surface area contributed by atoms with E-state index in [1.807, 2.05) is 47.6 Å². The van der Waals surface area contributed by atoms with Gasteiger partial charge in [0.15, 0.2) is 0 Å². The SMILES string of the molecule is COC(=O)[C@@H](NP(=O)(CCC=C(C)C)N[C@H](C(=O)OC)C(C)C)C(C)C. The van der Waals surface area contributed by atoms with Gasteiger partial charge in [-0.3, -0.25) is 14.2 Å². The lowest BCUT2D eigenvalue weighted by Crippen LogP contribution is -2.48. The van der Waals surface area contributed by atoms with Crippen LogP contribution in [0.2, 0.25) is 0 Å². The molecular weight excluding hydrogens is 355 g/mol. The maximum absolute atomic E-state index is 13.6. The highest BCUT2D eigenvalue weighted by atomic mass is 31.2. The van der Waals surface area contributed by atoms with E-state index in [0.717, 1.165) is 5.57 Å². The third kappa shape index (κ3) is 8.47. The Morgan fingerprint density at radius 1 is 0.923 bits per heavy atom. The van der Waals surface area contributed by atoms with Crippen molar-refractivity contribution in [1.82, 2.24) is 10.2 Å². The molecule has 0 amide bonds. The predicted octanol–water partition coefficient (Wildman–Crippen LogP) is 3.11. The Labute approximate surface area is 157 Å². The van der Waals surface area contributed by atoms with Crippen LogP contribution in [0.1, 0.15) is 48.0 Å². The molecule has 0 radical (unpaired) electrons. The Kier molecular flexibility index (Phi) is 11.0. The van der Waals surface area contributed by atoms with E-state index in [1.165, 1.54) is 14.2 Å². The predicted molar refractivity (Wildman–Crippen MR) is 104 cm³/mol. The van der Waals surface area contributed by atoms with Crippen LogP contribution in [-0.4, -0.2) is 44.4 Å². The first-order chi connectivity index (χ1) is 12.0. The zero-order chi connectivity index (χ0) is 20.5. The molecule has 0 aliphatic heterocycles. The molecule has 7 nitrogen and oxygen atoms in total. The Morgan fingerprint density at radius 2 is 1.31 bits per heavy atom. The number of esters is 2. The number of rotatable bonds is 11. The molecule has 0 heterocycles. The number of carbonyl (C=O) groups excluding carboxylic acids is 2. The molecule has 0 spiro atoms. The normalized spacial score (nSPS) is 14.1. The lowest BCUT2D eigenvalue weighted by molar-refractivity contribution is -0.144. The number of allylic oxidation sites excluding steroid dienone is 2. The minimum atomic E-state index is -3.28. The van der Waals surface area contributed by atoms with Gasteiger partial charge in [0.25, 0.3) is 0 Å². The molecule has 0 fully saturated rings. The molecule has 152 valence electrons. The number of nitrogens with one attached hydrogen (secondary N) is 2. The van der Waals surface area contributed by atoms with Crippen molar-refractivity contribution in [3.63, 3.8) is 0 Å². The average Bonchev–Trinajstić information content (AvgIpc) is 2.55. The molecule has 26 heavy (non-hydrogen) atoms. The highest BCUT2D eigenvalue weighted by molar-refractivity contribution is 7.59. The summed E-state index contributed by atoms with van der Waals surface area (Å²) < 4.78 is 23.3. The van der Waals surface area contributed by atoms with Crippen molar-refractivity contribution < 1.29 is 23.6 Å². The van der Waals surface area contributed by atoms with Gasteiger partial charge < -0.3 is 9.47 Å². The standard InChI is InChI=1S/C18H35N2O5P/c1-12(2)10-9-11-26(23,19-15(13(3)4)17(21)24-7)20-16(14(5)6)18(22)25-8/h10,13-16H,9,11H2,1-8H3,(H2,19,20,23)/t15-,16-/m0/s1. The van der Waals surface area contributed by atoms with E-state index in [1.54, 1.807) is 0 Å². The summed E-state index contributed by atoms with van der Waals surface area (Å²) in [5.74, 6) is -1.22. The Morgan fingerprint density at radius 3 is 1.58 bits per heavy atom. The fraction of sp³-hybridized carbons (Fsp3) is 0.778. The van der Waals surface area contributed by atoms with Gasteiger partial charge in [-0.2, -0.15) is 0 Å². The largest absolute Gasteiger partial charge is 0.468 e. The van der Waals surface area contributed by atoms with Crippen LogP contribution in [0.15, 0.2) is 11.6 Å². The van der Waals surface area contributed by atoms with Crippen LogP contribution in [0.3, 0.4) is 0 Å². The molecule has 0 aromatic carbocycles. The first-order valence-electron chi connectivity index (χ1n) is 8.91. The van der Waals surface area contributed by atoms with Gasteiger partial charge in [-0.05, 0) is 32.1 Å². The molecule has 0 aromatic rings. The van der Waals surface area contributed by atoms with Crippen molar-refractivity contribution in [1.29, 1.82) is 0 Å². The number of carbonyl (C=O) groups is 2. The van der Waals surface area contributed by atoms with Crippen molar-refractivity contribution in [2.75, 3.05) is 20.4 Å². The van der Waals surface area contributed by atoms with Crippen LogP contribution in [0.5, 0.6) is 0 Å². The number of methoxy groups -OCH3 is 2. The molecule has 0 aliphatic rings. The smallest absolute Gasteiger partial charge is 0.323 e. The van der Waals surface area contributed by atoms with Gasteiger partial charge in [0.2, 0.25) is 7.44 Å². The Hall–Kier alpha value is -1.17. The lowest BCUT2D eigenvalue weighted by atomic mass is 10.1. The molecule has 0 aliphatic carbocycles. The summed E-state index contributed by atoms with van der Waals surface area (Å²) in [4.78, 5) is 24.2. The molecule has 0 saturated heterocycles. The van der Waals surface area contributed by atoms with E-state index in [0.29, 0.717) is 6.42 Å². The molecular formula is C18H35N2O5P. The van der Waals surface area contributed by atoms with Gasteiger partial charge in [-0.15, -0.1) is 0 Å². The van der Waals surface area contributed by atoms with Gasteiger partial charge in [0.05, 0.1) is 14.2 Å². The fourth-order valence-corrected chi connectivity index (χ4v) is 4.88. The van der Waals surface area contributed by atoms with E-state index in [9.17, 15) is 14.2 Å². The van der Waals surface area contributed by atoms with Gasteiger partial charge in [0.1, 0.15) is 12.1 Å². The quantitative estimate of drug-likeness (QED) is 0.318. The van der Waals surface area contributed by atoms with Crippen molar-refractivity contribution in [2.45, 2.75) is 60.0 Å². The Bertz CT molecular complexity index is 508. The first kappa shape index (κ1) is 24.8. The maximum atomic E-state index is 13.6. The van der Waals surface area contributed by atoms with Crippen molar-refractivity contribution in [3.05, 3.63) is 11.6 Å². The fourth-order valence-electron chi connectivity index (χ4n) is 2.35. The van der Waals surface area contributed by atoms with Crippen molar-refractivity contribution in [2.24, 2.45) is 11.8 Å². The van der Waals surface area contributed by atoms with E-state index >= 15 is 0 Å². The molecule has 0 aromatic heterocycles. The summed E-state index contributed by atoms with van der Waals surface area (Å²) in [6.45, 7) is 11.3. The van der Waals surface area contributed by atoms with Gasteiger partial charge >= 0.3 is 11.9 Å². The summed E-state index contributed by atoms with van der Waals surface area (Å²) in [5, 5.41) is 5.90. The van der Waals surface area contributed by atoms with Crippen LogP contribution < -0.4 is 10.2 Å². The van der Waals surface area contributed by atoms with Crippen molar-refractivity contribution >= 4 is 19.4 Å². The zero-order valence-electron chi connectivity index (χ0n) is 17.3. The molecule has 8 heteroatoms. The van der Waals surface area contributed by atoms with Crippen molar-refractivity contribution in [3.8, 4) is 0 Å². The third-order valence-corrected chi connectivity index (χ3v) is 6.21. The molecule has 0 unspecified atom stereocenters. The van der Waals surface area contributed by atoms with Crippen LogP contribution in [0.4, 0.5) is 0 Å². The number of hydrogen-bond acceptors (Lipinski definition) is 5. The van der Waals surface area contributed by atoms with Crippen LogP contribution in [0, 0.1) is 11.8 Å². The molecule has 2 atom stereocenters. The zero-order valence-corrected chi connectivity index (χ0v) is 18.2. The van der Waals surface area contributed by atoms with Crippen LogP contribution in [0.25, 0.3) is 0 Å². The summed E-state index contributed by atoms with van der Waals surface area (Å²) >= 11 is 0. The summed E-state index contributed by atoms with van der Waals surface area (Å²) in [6, 6.07) is -1.48. The Balaban J connectivity index is 5.64. The van der Waals surface area contributed by atoms with Gasteiger partial charge in [-0.25, -0.2) is 10.2 Å². The summed E-state index contributed by atoms with van der Waals surface area (Å²) in [6.07, 6.45) is 2.79. The monoisotopic (exact) mass is 390 g/mol. The second-order valence-electron chi connectivity index (χ2n) is 7.28. The average molecular weight is 390 g/mol. The first-order valence-corrected chi connectivity index (χ1v) is 10.8. The van der Waals surface area contributed by atoms with Crippen LogP contribution in [-0.2, 0) is 23.6 Å². The van der Waals surface area contributed by atoms with Crippen LogP contribution >= 0.6 is 7.44 Å². The molecule has 0 rings (SSSR count). The minimum absolute atomic E-state index is 0.128. The van der Waals surface area contributed by atoms with E-state index in [-0.39, 0.29) is 18.0 Å². The second kappa shape index (κ2) is 11.5. The van der Waals surface area contributed by atoms with E-state index in [4.69, 9.17) is 9.47 Å². The highest BCUT2D eigenvalue weighted by Crippen LogP contribution is 2.40. The molecule has 0 saturated carbocycles. The topological polar surface area (TPSA) is 93.7 Å². The van der Waals surface area contributed by atoms with Gasteiger partial charge in [-0.1, -0.05) is 39.3 Å². The minimum Gasteiger partial charge on any atom is -0.468 e. The summed E-state index contributed by atoms with van der Waals surface area (Å²) in [7, 11) is -0.680. The van der Waals surface area contributed by atoms with E-state index in [2.05, 4.69) is 10.2 Å². The summed E-state index contributed by atoms with van der Waals surface area (Å²) in [5.41, 5.74) is 1.11. The highest BCUT2D eigenvalue weighted by Gasteiger charge is 2.36. The molecule has 0 bridgehead atoms. The third-order valence-electron chi connectivity index (χ3n) is 3.94. The van der Waals surface area contributed by atoms with E-state index < -0.39 is 31.5 Å². The number of ether oxygens (including phenoxy) is 2. The van der Waals surface area contributed by atoms with Gasteiger partial charge in [0, 0.05) is 6.16 Å². The number of hydrogen-bond donors (Lipinski definition) is 2. The maximum Gasteiger partial charge on any atom is 0.323 e. The lowest BCUT2D eigenvalue weighted by Gasteiger charge is -2.31.